The highest BCUT2D eigenvalue weighted by Crippen LogP contribution is 2.21. The van der Waals surface area contributed by atoms with E-state index >= 15 is 0 Å². The summed E-state index contributed by atoms with van der Waals surface area (Å²) in [6.45, 7) is 6.00. The topological polar surface area (TPSA) is 79.2 Å². The van der Waals surface area contributed by atoms with Crippen LogP contribution in [-0.4, -0.2) is 72.7 Å². The van der Waals surface area contributed by atoms with Gasteiger partial charge in [0.05, 0.1) is 38.6 Å². The highest BCUT2D eigenvalue weighted by atomic mass is 16.5. The van der Waals surface area contributed by atoms with Gasteiger partial charge in [-0.2, -0.15) is 0 Å². The van der Waals surface area contributed by atoms with Crippen LogP contribution in [0, 0.1) is 0 Å². The van der Waals surface area contributed by atoms with Crippen molar-refractivity contribution in [3.63, 3.8) is 0 Å². The molecule has 0 unspecified atom stereocenters. The summed E-state index contributed by atoms with van der Waals surface area (Å²) < 4.78 is 11.1. The highest BCUT2D eigenvalue weighted by Gasteiger charge is 2.25. The lowest BCUT2D eigenvalue weighted by Crippen LogP contribution is -2.27. The van der Waals surface area contributed by atoms with Crippen LogP contribution < -0.4 is 0 Å². The van der Waals surface area contributed by atoms with Crippen LogP contribution in [0.15, 0.2) is 11.6 Å². The van der Waals surface area contributed by atoms with Crippen LogP contribution in [0.25, 0.3) is 0 Å². The summed E-state index contributed by atoms with van der Waals surface area (Å²) in [6, 6.07) is 0.254. The van der Waals surface area contributed by atoms with Gasteiger partial charge in [0.25, 0.3) is 0 Å². The van der Waals surface area contributed by atoms with Gasteiger partial charge in [-0.1, -0.05) is 122 Å². The number of aliphatic hydroxyl groups is 2. The maximum Gasteiger partial charge on any atom is 0.249 e. The summed E-state index contributed by atoms with van der Waals surface area (Å²) in [4.78, 5) is 13.9. The number of aliphatic hydroxyl groups excluding tert-OH is 2. The number of likely N-dealkylation sites (N-methyl/N-ethyl adjacent to an activating group) is 1. The Bertz CT molecular complexity index is 625. The molecule has 1 rings (SSSR count). The van der Waals surface area contributed by atoms with Crippen LogP contribution >= 0.6 is 0 Å². The molecule has 1 heterocycles. The van der Waals surface area contributed by atoms with Gasteiger partial charge in [-0.15, -0.1) is 0 Å². The fraction of sp³-hybridized carbons (Fsp3) is 0.912. The van der Waals surface area contributed by atoms with Gasteiger partial charge in [-0.3, -0.25) is 4.79 Å². The van der Waals surface area contributed by atoms with Crippen molar-refractivity contribution in [1.29, 1.82) is 0 Å². The van der Waals surface area contributed by atoms with E-state index in [-0.39, 0.29) is 18.1 Å². The van der Waals surface area contributed by atoms with Gasteiger partial charge >= 0.3 is 0 Å². The molecule has 0 aromatic carbocycles. The number of hydrogen-bond acceptors (Lipinski definition) is 5. The predicted octanol–water partition coefficient (Wildman–Crippen LogP) is 7.74. The first-order chi connectivity index (χ1) is 19.5. The van der Waals surface area contributed by atoms with Crippen LogP contribution in [0.1, 0.15) is 149 Å². The van der Waals surface area contributed by atoms with E-state index in [9.17, 15) is 15.0 Å². The largest absolute Gasteiger partial charge is 0.391 e. The van der Waals surface area contributed by atoms with Gasteiger partial charge < -0.3 is 24.6 Å². The molecule has 0 saturated heterocycles. The second-order valence-electron chi connectivity index (χ2n) is 12.1. The summed E-state index contributed by atoms with van der Waals surface area (Å²) in [5, 5.41) is 20.2. The first kappa shape index (κ1) is 37.1. The van der Waals surface area contributed by atoms with Crippen molar-refractivity contribution in [3.05, 3.63) is 11.6 Å². The first-order valence-electron chi connectivity index (χ1n) is 16.9. The van der Waals surface area contributed by atoms with Crippen molar-refractivity contribution in [3.8, 4) is 0 Å². The lowest BCUT2D eigenvalue weighted by Gasteiger charge is -2.14. The molecule has 6 heteroatoms. The molecule has 0 aliphatic carbocycles. The minimum atomic E-state index is -0.397. The summed E-state index contributed by atoms with van der Waals surface area (Å²) in [5.41, 5.74) is 1.01. The summed E-state index contributed by atoms with van der Waals surface area (Å²) >= 11 is 0. The number of carbonyl (C=O) groups excluding carboxylic acids is 1. The van der Waals surface area contributed by atoms with Crippen molar-refractivity contribution >= 4 is 5.91 Å². The minimum absolute atomic E-state index is 0.216. The average Bonchev–Trinajstić information content (AvgIpc) is 3.18. The van der Waals surface area contributed by atoms with Gasteiger partial charge in [0.15, 0.2) is 0 Å². The molecule has 0 spiro atoms. The van der Waals surface area contributed by atoms with Gasteiger partial charge in [-0.25, -0.2) is 0 Å². The molecule has 3 atom stereocenters. The number of rotatable bonds is 29. The van der Waals surface area contributed by atoms with E-state index in [0.29, 0.717) is 26.4 Å². The highest BCUT2D eigenvalue weighted by molar-refractivity contribution is 5.96. The van der Waals surface area contributed by atoms with Crippen LogP contribution in [-0.2, 0) is 14.3 Å². The van der Waals surface area contributed by atoms with E-state index in [4.69, 9.17) is 9.47 Å². The van der Waals surface area contributed by atoms with E-state index in [2.05, 4.69) is 19.9 Å². The van der Waals surface area contributed by atoms with Crippen molar-refractivity contribution in [2.45, 2.75) is 167 Å². The zero-order chi connectivity index (χ0) is 29.3. The third kappa shape index (κ3) is 20.0. The molecule has 0 saturated carbocycles. The van der Waals surface area contributed by atoms with Crippen LogP contribution in [0.4, 0.5) is 0 Å². The third-order valence-electron chi connectivity index (χ3n) is 8.27. The normalized spacial score (nSPS) is 17.0. The number of nitrogens with zero attached hydrogens (tertiary/aromatic N) is 1. The van der Waals surface area contributed by atoms with Crippen molar-refractivity contribution in [2.75, 3.05) is 33.5 Å². The van der Waals surface area contributed by atoms with Crippen molar-refractivity contribution in [1.82, 2.24) is 4.90 Å². The molecular weight excluding hydrogens is 502 g/mol. The van der Waals surface area contributed by atoms with E-state index in [0.717, 1.165) is 44.1 Å². The Kier molecular flexibility index (Phi) is 23.9. The molecule has 0 aromatic heterocycles. The Morgan fingerprint density at radius 3 is 1.50 bits per heavy atom. The van der Waals surface area contributed by atoms with Crippen LogP contribution in [0.5, 0.6) is 0 Å². The number of carbonyl (C=O) groups is 1. The quantitative estimate of drug-likeness (QED) is 0.0904. The van der Waals surface area contributed by atoms with Gasteiger partial charge in [0.1, 0.15) is 0 Å². The number of hydrogen-bond donors (Lipinski definition) is 2. The van der Waals surface area contributed by atoms with Crippen LogP contribution in [0.3, 0.4) is 0 Å². The Hall–Kier alpha value is -0.950. The van der Waals surface area contributed by atoms with Gasteiger partial charge in [0.2, 0.25) is 5.91 Å². The van der Waals surface area contributed by atoms with E-state index in [1.165, 1.54) is 96.3 Å². The Morgan fingerprint density at radius 2 is 1.10 bits per heavy atom. The minimum Gasteiger partial charge on any atom is -0.391 e. The molecule has 40 heavy (non-hydrogen) atoms. The SMILES string of the molecule is CCCCCCCCCC[C@H](O)COCCOC[C@H](O)CCCCCCCCCCCCC1=C[C@H](C)N(C)C1=O. The molecule has 236 valence electrons. The van der Waals surface area contributed by atoms with Crippen molar-refractivity contribution < 1.29 is 24.5 Å². The lowest BCUT2D eigenvalue weighted by atomic mass is 10.0. The maximum atomic E-state index is 12.1. The van der Waals surface area contributed by atoms with E-state index in [1.807, 2.05) is 11.9 Å². The van der Waals surface area contributed by atoms with Crippen molar-refractivity contribution in [2.24, 2.45) is 0 Å². The predicted molar refractivity (Wildman–Crippen MR) is 167 cm³/mol. The van der Waals surface area contributed by atoms with E-state index in [1.54, 1.807) is 0 Å². The number of amides is 1. The van der Waals surface area contributed by atoms with Gasteiger partial charge in [-0.05, 0) is 32.6 Å². The second kappa shape index (κ2) is 25.7. The molecular formula is C34H65NO5. The molecule has 1 aliphatic heterocycles. The zero-order valence-electron chi connectivity index (χ0n) is 26.6. The Morgan fingerprint density at radius 1 is 0.700 bits per heavy atom. The zero-order valence-corrected chi connectivity index (χ0v) is 26.6. The summed E-state index contributed by atoms with van der Waals surface area (Å²) in [5.74, 6) is 0.216. The molecule has 0 fully saturated rings. The van der Waals surface area contributed by atoms with E-state index < -0.39 is 6.10 Å². The standard InChI is InChI=1S/C34H65NO5/c1-4-5-6-7-8-14-17-20-23-32(36)28-39-25-26-40-29-33(37)24-21-18-15-12-10-9-11-13-16-19-22-31-27-30(2)35(3)34(31)38/h27,30,32-33,36-37H,4-26,28-29H2,1-3H3/t30-,32-,33+/m0/s1. The molecule has 0 aromatic rings. The molecule has 6 nitrogen and oxygen atoms in total. The molecule has 2 N–H and O–H groups in total. The smallest absolute Gasteiger partial charge is 0.249 e. The third-order valence-corrected chi connectivity index (χ3v) is 8.27. The first-order valence-corrected chi connectivity index (χ1v) is 16.9. The molecule has 0 bridgehead atoms. The molecule has 0 radical (unpaired) electrons. The fourth-order valence-corrected chi connectivity index (χ4v) is 5.42. The fourth-order valence-electron chi connectivity index (χ4n) is 5.42. The number of unbranched alkanes of at least 4 members (excludes halogenated alkanes) is 16. The molecule has 1 amide bonds. The summed E-state index contributed by atoms with van der Waals surface area (Å²) in [7, 11) is 1.89. The van der Waals surface area contributed by atoms with Crippen LogP contribution in [0.2, 0.25) is 0 Å². The summed E-state index contributed by atoms with van der Waals surface area (Å²) in [6.07, 6.45) is 26.4. The number of ether oxygens (including phenoxy) is 2. The maximum absolute atomic E-state index is 12.1. The molecule has 1 aliphatic rings. The Labute approximate surface area is 247 Å². The second-order valence-corrected chi connectivity index (χ2v) is 12.1. The van der Waals surface area contributed by atoms with Gasteiger partial charge in [0, 0.05) is 18.7 Å². The lowest BCUT2D eigenvalue weighted by molar-refractivity contribution is -0.125. The Balaban J connectivity index is 1.77. The monoisotopic (exact) mass is 567 g/mol. The average molecular weight is 568 g/mol.